The fourth-order valence-electron chi connectivity index (χ4n) is 5.20. The van der Waals surface area contributed by atoms with Crippen LogP contribution >= 0.6 is 0 Å². The van der Waals surface area contributed by atoms with Crippen molar-refractivity contribution in [1.82, 2.24) is 15.0 Å². The highest BCUT2D eigenvalue weighted by Crippen LogP contribution is 2.42. The monoisotopic (exact) mass is 616 g/mol. The minimum absolute atomic E-state index is 0.153. The highest BCUT2D eigenvalue weighted by atomic mass is 19.4. The van der Waals surface area contributed by atoms with Crippen molar-refractivity contribution in [3.05, 3.63) is 59.4 Å². The van der Waals surface area contributed by atoms with Crippen LogP contribution in [0.5, 0.6) is 0 Å². The quantitative estimate of drug-likeness (QED) is 0.206. The second-order valence-electron chi connectivity index (χ2n) is 10.5. The van der Waals surface area contributed by atoms with Gasteiger partial charge in [0.2, 0.25) is 5.91 Å². The topological polar surface area (TPSA) is 148 Å². The number of hydrogen-bond donors (Lipinski definition) is 3. The molecule has 0 radical (unpaired) electrons. The molecule has 0 aliphatic carbocycles. The van der Waals surface area contributed by atoms with Crippen LogP contribution in [0.3, 0.4) is 0 Å². The van der Waals surface area contributed by atoms with Gasteiger partial charge in [-0.2, -0.15) is 13.2 Å². The van der Waals surface area contributed by atoms with Gasteiger partial charge >= 0.3 is 12.3 Å². The number of halogens is 3. The molecule has 1 aromatic heterocycles. The van der Waals surface area contributed by atoms with Crippen molar-refractivity contribution in [3.8, 4) is 5.69 Å². The molecule has 2 aromatic carbocycles. The summed E-state index contributed by atoms with van der Waals surface area (Å²) in [6.45, 7) is 1.56. The Labute approximate surface area is 250 Å². The summed E-state index contributed by atoms with van der Waals surface area (Å²) >= 11 is 0. The molecule has 1 atom stereocenters. The van der Waals surface area contributed by atoms with Gasteiger partial charge in [0.15, 0.2) is 12.1 Å². The van der Waals surface area contributed by atoms with Crippen molar-refractivity contribution >= 4 is 34.8 Å². The maximum absolute atomic E-state index is 14.0. The molecule has 234 valence electrons. The highest BCUT2D eigenvalue weighted by Gasteiger charge is 2.37. The summed E-state index contributed by atoms with van der Waals surface area (Å²) < 4.78 is 54.9. The van der Waals surface area contributed by atoms with Crippen LogP contribution in [0.1, 0.15) is 60.1 Å². The van der Waals surface area contributed by atoms with Gasteiger partial charge in [0.25, 0.3) is 0 Å². The van der Waals surface area contributed by atoms with Gasteiger partial charge in [-0.25, -0.2) is 9.48 Å². The Morgan fingerprint density at radius 2 is 1.82 bits per heavy atom. The zero-order chi connectivity index (χ0) is 31.3. The molecule has 44 heavy (non-hydrogen) atoms. The van der Waals surface area contributed by atoms with E-state index < -0.39 is 41.6 Å². The Balaban J connectivity index is 1.31. The third kappa shape index (κ3) is 7.52. The van der Waals surface area contributed by atoms with E-state index in [-0.39, 0.29) is 29.8 Å². The lowest BCUT2D eigenvalue weighted by molar-refractivity contribution is -0.169. The number of nitrogens with zero attached hydrogens (tertiary/aromatic N) is 4. The third-order valence-corrected chi connectivity index (χ3v) is 7.31. The maximum atomic E-state index is 14.0. The minimum Gasteiger partial charge on any atom is -0.465 e. The summed E-state index contributed by atoms with van der Waals surface area (Å²) in [5, 5.41) is 21.6. The number of ketones is 1. The minimum atomic E-state index is -4.77. The first-order valence-electron chi connectivity index (χ1n) is 14.1. The van der Waals surface area contributed by atoms with E-state index in [1.807, 2.05) is 0 Å². The maximum Gasteiger partial charge on any atom is 0.418 e. The van der Waals surface area contributed by atoms with Gasteiger partial charge in [-0.05, 0) is 56.4 Å². The van der Waals surface area contributed by atoms with Crippen molar-refractivity contribution < 1.29 is 42.1 Å². The zero-order valence-electron chi connectivity index (χ0n) is 23.6. The number of benzene rings is 2. The average Bonchev–Trinajstić information content (AvgIpc) is 3.69. The number of carboxylic acid groups (broad SMARTS) is 1. The number of Topliss-reactive ketones (excluding diaryl/α,β-unsaturated/α-hetero) is 1. The van der Waals surface area contributed by atoms with E-state index in [9.17, 15) is 32.7 Å². The third-order valence-electron chi connectivity index (χ3n) is 7.31. The fraction of sp³-hybridized carbons (Fsp3) is 0.414. The Kier molecular flexibility index (Phi) is 9.44. The van der Waals surface area contributed by atoms with Crippen molar-refractivity contribution in [2.24, 2.45) is 0 Å². The van der Waals surface area contributed by atoms with E-state index in [0.29, 0.717) is 50.0 Å². The standard InChI is InChI=1S/C29H31F3N6O6/c30-29(31,32)21-13-22(23(35-28(41)42)14-24(21)37-9-2-3-10-37)34-26(40)15-25(39)18-6-5-7-19(12-18)38-20(16-33-36-38)17-44-27-8-1-4-11-43-27/h5-7,12-14,16,27,35H,1-4,8-11,15,17H2,(H,34,40)(H,41,42). The van der Waals surface area contributed by atoms with Gasteiger partial charge in [-0.3, -0.25) is 14.9 Å². The molecule has 5 rings (SSSR count). The summed E-state index contributed by atoms with van der Waals surface area (Å²) in [7, 11) is 0. The van der Waals surface area contributed by atoms with Crippen molar-refractivity contribution in [3.63, 3.8) is 0 Å². The molecule has 0 spiro atoms. The van der Waals surface area contributed by atoms with Crippen LogP contribution in [0.25, 0.3) is 5.69 Å². The number of amides is 2. The molecule has 0 saturated carbocycles. The Hall–Kier alpha value is -4.50. The summed E-state index contributed by atoms with van der Waals surface area (Å²) in [6.07, 6.45) is -1.65. The number of hydrogen-bond acceptors (Lipinski definition) is 8. The van der Waals surface area contributed by atoms with Crippen LogP contribution in [-0.2, 0) is 27.1 Å². The fourth-order valence-corrected chi connectivity index (χ4v) is 5.20. The molecular formula is C29H31F3N6O6. The molecule has 3 N–H and O–H groups in total. The van der Waals surface area contributed by atoms with Gasteiger partial charge < -0.3 is 24.8 Å². The lowest BCUT2D eigenvalue weighted by Gasteiger charge is -2.25. The van der Waals surface area contributed by atoms with Crippen LogP contribution in [0.2, 0.25) is 0 Å². The number of aromatic nitrogens is 3. The molecule has 12 nitrogen and oxygen atoms in total. The van der Waals surface area contributed by atoms with Crippen molar-refractivity contribution in [2.45, 2.75) is 57.6 Å². The highest BCUT2D eigenvalue weighted by molar-refractivity contribution is 6.12. The lowest BCUT2D eigenvalue weighted by Crippen LogP contribution is -2.24. The molecule has 3 aromatic rings. The number of nitrogens with one attached hydrogen (secondary N) is 2. The molecule has 2 saturated heterocycles. The van der Waals surface area contributed by atoms with Crippen LogP contribution in [0, 0.1) is 0 Å². The Morgan fingerprint density at radius 3 is 2.52 bits per heavy atom. The van der Waals surface area contributed by atoms with E-state index in [1.165, 1.54) is 27.9 Å². The molecule has 3 heterocycles. The first kappa shape index (κ1) is 30.9. The Morgan fingerprint density at radius 1 is 1.05 bits per heavy atom. The van der Waals surface area contributed by atoms with Crippen LogP contribution < -0.4 is 15.5 Å². The van der Waals surface area contributed by atoms with E-state index in [0.717, 1.165) is 25.3 Å². The number of carbonyl (C=O) groups excluding carboxylic acids is 2. The molecule has 15 heteroatoms. The number of carbonyl (C=O) groups is 3. The molecule has 2 amide bonds. The van der Waals surface area contributed by atoms with Crippen LogP contribution in [0.15, 0.2) is 42.6 Å². The largest absolute Gasteiger partial charge is 0.465 e. The first-order chi connectivity index (χ1) is 21.1. The van der Waals surface area contributed by atoms with Gasteiger partial charge in [-0.1, -0.05) is 17.3 Å². The summed E-state index contributed by atoms with van der Waals surface area (Å²) in [6, 6.07) is 8.04. The molecule has 1 unspecified atom stereocenters. The van der Waals surface area contributed by atoms with Gasteiger partial charge in [0.05, 0.1) is 53.2 Å². The van der Waals surface area contributed by atoms with E-state index in [2.05, 4.69) is 20.9 Å². The SMILES string of the molecule is O=C(O)Nc1cc(N2CCCC2)c(C(F)(F)F)cc1NC(=O)CC(=O)c1cccc(-n2nncc2COC2CCCCO2)c1. The second kappa shape index (κ2) is 13.4. The summed E-state index contributed by atoms with van der Waals surface area (Å²) in [4.78, 5) is 38.9. The summed E-state index contributed by atoms with van der Waals surface area (Å²) in [5.41, 5.74) is -0.616. The number of ether oxygens (including phenoxy) is 2. The summed E-state index contributed by atoms with van der Waals surface area (Å²) in [5.74, 6) is -1.53. The number of alkyl halides is 3. The molecule has 2 aliphatic heterocycles. The van der Waals surface area contributed by atoms with E-state index in [1.54, 1.807) is 12.1 Å². The van der Waals surface area contributed by atoms with E-state index >= 15 is 0 Å². The number of anilines is 3. The first-order valence-corrected chi connectivity index (χ1v) is 14.1. The predicted octanol–water partition coefficient (Wildman–Crippen LogP) is 5.23. The average molecular weight is 617 g/mol. The van der Waals surface area contributed by atoms with Gasteiger partial charge in [0, 0.05) is 25.3 Å². The van der Waals surface area contributed by atoms with Crippen LogP contribution in [0.4, 0.5) is 35.0 Å². The van der Waals surface area contributed by atoms with Crippen LogP contribution in [-0.4, -0.2) is 63.9 Å². The molecule has 2 fully saturated rings. The smallest absolute Gasteiger partial charge is 0.418 e. The van der Waals surface area contributed by atoms with Crippen molar-refractivity contribution in [2.75, 3.05) is 35.2 Å². The van der Waals surface area contributed by atoms with Gasteiger partial charge in [-0.15, -0.1) is 5.10 Å². The predicted molar refractivity (Wildman–Crippen MR) is 152 cm³/mol. The molecular weight excluding hydrogens is 585 g/mol. The molecule has 0 bridgehead atoms. The van der Waals surface area contributed by atoms with Gasteiger partial charge in [0.1, 0.15) is 0 Å². The zero-order valence-corrected chi connectivity index (χ0v) is 23.6. The lowest BCUT2D eigenvalue weighted by atomic mass is 10.1. The van der Waals surface area contributed by atoms with E-state index in [4.69, 9.17) is 9.47 Å². The second-order valence-corrected chi connectivity index (χ2v) is 10.5. The van der Waals surface area contributed by atoms with Crippen molar-refractivity contribution in [1.29, 1.82) is 0 Å². The number of rotatable bonds is 10. The normalized spacial score (nSPS) is 17.0. The Bertz CT molecular complexity index is 1520. The molecule has 2 aliphatic rings.